The van der Waals surface area contributed by atoms with Crippen molar-refractivity contribution in [1.29, 1.82) is 0 Å². The average Bonchev–Trinajstić information content (AvgIpc) is 3.18. The zero-order valence-corrected chi connectivity index (χ0v) is 15.7. The van der Waals surface area contributed by atoms with E-state index in [1.54, 1.807) is 42.5 Å². The van der Waals surface area contributed by atoms with Gasteiger partial charge >= 0.3 is 0 Å². The van der Waals surface area contributed by atoms with E-state index in [2.05, 4.69) is 15.1 Å². The van der Waals surface area contributed by atoms with Crippen molar-refractivity contribution >= 4 is 28.4 Å². The Morgan fingerprint density at radius 1 is 1.10 bits per heavy atom. The van der Waals surface area contributed by atoms with Gasteiger partial charge in [0.15, 0.2) is 12.2 Å². The van der Waals surface area contributed by atoms with Crippen molar-refractivity contribution < 1.29 is 13.9 Å². The molecule has 0 saturated carbocycles. The van der Waals surface area contributed by atoms with Crippen LogP contribution < -0.4 is 10.1 Å². The number of amides is 1. The van der Waals surface area contributed by atoms with Gasteiger partial charge < -0.3 is 14.5 Å². The fourth-order valence-electron chi connectivity index (χ4n) is 2.90. The number of aromatic nitrogens is 1. The second-order valence-corrected chi connectivity index (χ2v) is 6.44. The van der Waals surface area contributed by atoms with E-state index < -0.39 is 0 Å². The van der Waals surface area contributed by atoms with Crippen LogP contribution in [0.4, 0.5) is 11.4 Å². The molecule has 0 aliphatic carbocycles. The van der Waals surface area contributed by atoms with E-state index in [9.17, 15) is 4.79 Å². The SMILES string of the molecule is [C-]#[N+]c1cccc2nc(-c3ccc(NC(=O)COc4ccccc4C)cc3)oc12. The maximum atomic E-state index is 12.1. The molecule has 1 aromatic heterocycles. The Labute approximate surface area is 167 Å². The summed E-state index contributed by atoms with van der Waals surface area (Å²) in [5, 5.41) is 2.80. The highest BCUT2D eigenvalue weighted by Gasteiger charge is 2.12. The van der Waals surface area contributed by atoms with E-state index >= 15 is 0 Å². The van der Waals surface area contributed by atoms with Gasteiger partial charge in [0.05, 0.1) is 12.1 Å². The first-order valence-corrected chi connectivity index (χ1v) is 9.00. The molecule has 1 N–H and O–H groups in total. The van der Waals surface area contributed by atoms with Crippen LogP contribution in [0.15, 0.2) is 71.1 Å². The van der Waals surface area contributed by atoms with Gasteiger partial charge in [0.25, 0.3) is 5.91 Å². The molecule has 0 fully saturated rings. The third-order valence-electron chi connectivity index (χ3n) is 4.38. The highest BCUT2D eigenvalue weighted by molar-refractivity contribution is 5.92. The first kappa shape index (κ1) is 18.3. The van der Waals surface area contributed by atoms with Crippen LogP contribution in [0.5, 0.6) is 5.75 Å². The first-order chi connectivity index (χ1) is 14.1. The molecule has 6 nitrogen and oxygen atoms in total. The van der Waals surface area contributed by atoms with Crippen LogP contribution in [-0.2, 0) is 4.79 Å². The summed E-state index contributed by atoms with van der Waals surface area (Å²) < 4.78 is 11.3. The number of hydrogen-bond donors (Lipinski definition) is 1. The van der Waals surface area contributed by atoms with Gasteiger partial charge in [0.2, 0.25) is 11.6 Å². The smallest absolute Gasteiger partial charge is 0.262 e. The standard InChI is InChI=1S/C23H17N3O3/c1-15-6-3-4-9-20(15)28-14-21(27)25-17-12-10-16(11-13-17)23-26-19-8-5-7-18(24-2)22(19)29-23/h3-13H,14H2,1H3,(H,25,27). The Kier molecular flexibility index (Phi) is 4.95. The predicted octanol–water partition coefficient (Wildman–Crippen LogP) is 5.37. The number of anilines is 1. The minimum atomic E-state index is -0.246. The summed E-state index contributed by atoms with van der Waals surface area (Å²) in [6.07, 6.45) is 0. The summed E-state index contributed by atoms with van der Waals surface area (Å²) >= 11 is 0. The molecule has 142 valence electrons. The number of rotatable bonds is 5. The molecule has 29 heavy (non-hydrogen) atoms. The van der Waals surface area contributed by atoms with Crippen LogP contribution >= 0.6 is 0 Å². The van der Waals surface area contributed by atoms with Crippen LogP contribution in [0, 0.1) is 13.5 Å². The van der Waals surface area contributed by atoms with Gasteiger partial charge in [-0.1, -0.05) is 30.3 Å². The predicted molar refractivity (Wildman–Crippen MR) is 111 cm³/mol. The van der Waals surface area contributed by atoms with E-state index in [4.69, 9.17) is 15.7 Å². The summed E-state index contributed by atoms with van der Waals surface area (Å²) in [6, 6.07) is 20.0. The van der Waals surface area contributed by atoms with Crippen molar-refractivity contribution in [1.82, 2.24) is 4.98 Å². The third-order valence-corrected chi connectivity index (χ3v) is 4.38. The van der Waals surface area contributed by atoms with Crippen LogP contribution in [-0.4, -0.2) is 17.5 Å². The van der Waals surface area contributed by atoms with Crippen molar-refractivity contribution in [3.05, 3.63) is 83.7 Å². The summed E-state index contributed by atoms with van der Waals surface area (Å²) in [4.78, 5) is 20.0. The molecule has 0 radical (unpaired) electrons. The van der Waals surface area contributed by atoms with Gasteiger partial charge in [-0.15, -0.1) is 0 Å². The quantitative estimate of drug-likeness (QED) is 0.470. The number of fused-ring (bicyclic) bond motifs is 1. The summed E-state index contributed by atoms with van der Waals surface area (Å²) in [5.74, 6) is 0.870. The number of hydrogen-bond acceptors (Lipinski definition) is 4. The van der Waals surface area contributed by atoms with Gasteiger partial charge in [-0.2, -0.15) is 0 Å². The largest absolute Gasteiger partial charge is 0.483 e. The van der Waals surface area contributed by atoms with Crippen LogP contribution in [0.25, 0.3) is 27.4 Å². The van der Waals surface area contributed by atoms with Crippen molar-refractivity contribution in [3.63, 3.8) is 0 Å². The Morgan fingerprint density at radius 3 is 2.66 bits per heavy atom. The van der Waals surface area contributed by atoms with Gasteiger partial charge in [-0.05, 0) is 48.9 Å². The number of carbonyl (C=O) groups excluding carboxylic acids is 1. The number of oxazole rings is 1. The lowest BCUT2D eigenvalue weighted by atomic mass is 10.2. The van der Waals surface area contributed by atoms with E-state index in [-0.39, 0.29) is 12.5 Å². The molecule has 0 aliphatic heterocycles. The Bertz CT molecular complexity index is 1220. The zero-order valence-electron chi connectivity index (χ0n) is 15.7. The lowest BCUT2D eigenvalue weighted by molar-refractivity contribution is -0.118. The number of aryl methyl sites for hydroxylation is 1. The average molecular weight is 383 g/mol. The van der Waals surface area contributed by atoms with Gasteiger partial charge in [0.1, 0.15) is 5.75 Å². The number of benzene rings is 3. The number of carbonyl (C=O) groups is 1. The molecule has 6 heteroatoms. The van der Waals surface area contributed by atoms with Crippen LogP contribution in [0.3, 0.4) is 0 Å². The minimum absolute atomic E-state index is 0.0723. The Morgan fingerprint density at radius 2 is 1.90 bits per heavy atom. The summed E-state index contributed by atoms with van der Waals surface area (Å²) in [7, 11) is 0. The topological polar surface area (TPSA) is 68.7 Å². The van der Waals surface area contributed by atoms with Crippen molar-refractivity contribution in [2.75, 3.05) is 11.9 Å². The monoisotopic (exact) mass is 383 g/mol. The number of ether oxygens (including phenoxy) is 1. The molecule has 0 atom stereocenters. The molecule has 4 rings (SSSR count). The molecule has 1 heterocycles. The lowest BCUT2D eigenvalue weighted by Crippen LogP contribution is -2.20. The Balaban J connectivity index is 1.43. The van der Waals surface area contributed by atoms with Gasteiger partial charge in [0, 0.05) is 11.3 Å². The molecule has 0 bridgehead atoms. The normalized spacial score (nSPS) is 10.5. The number of nitrogens with zero attached hydrogens (tertiary/aromatic N) is 2. The van der Waals surface area contributed by atoms with Crippen molar-refractivity contribution in [2.45, 2.75) is 6.92 Å². The second-order valence-electron chi connectivity index (χ2n) is 6.44. The zero-order chi connectivity index (χ0) is 20.2. The molecule has 1 amide bonds. The lowest BCUT2D eigenvalue weighted by Gasteiger charge is -2.09. The maximum Gasteiger partial charge on any atom is 0.262 e. The van der Waals surface area contributed by atoms with Crippen molar-refractivity contribution in [3.8, 4) is 17.2 Å². The minimum Gasteiger partial charge on any atom is -0.483 e. The molecule has 0 saturated heterocycles. The molecule has 4 aromatic rings. The van der Waals surface area contributed by atoms with E-state index in [1.165, 1.54) is 0 Å². The van der Waals surface area contributed by atoms with Crippen LogP contribution in [0.1, 0.15) is 5.56 Å². The fourth-order valence-corrected chi connectivity index (χ4v) is 2.90. The van der Waals surface area contributed by atoms with Crippen LogP contribution in [0.2, 0.25) is 0 Å². The van der Waals surface area contributed by atoms with Crippen molar-refractivity contribution in [2.24, 2.45) is 0 Å². The number of nitrogens with one attached hydrogen (secondary N) is 1. The third kappa shape index (κ3) is 3.94. The molecule has 0 aliphatic rings. The molecule has 0 spiro atoms. The molecular formula is C23H17N3O3. The second kappa shape index (κ2) is 7.87. The first-order valence-electron chi connectivity index (χ1n) is 9.00. The highest BCUT2D eigenvalue weighted by atomic mass is 16.5. The van der Waals surface area contributed by atoms with Gasteiger partial charge in [-0.25, -0.2) is 9.83 Å². The van der Waals surface area contributed by atoms with Gasteiger partial charge in [-0.3, -0.25) is 4.79 Å². The van der Waals surface area contributed by atoms with E-state index in [0.29, 0.717) is 34.1 Å². The molecule has 0 unspecified atom stereocenters. The highest BCUT2D eigenvalue weighted by Crippen LogP contribution is 2.31. The summed E-state index contributed by atoms with van der Waals surface area (Å²) in [6.45, 7) is 9.08. The van der Waals surface area contributed by atoms with E-state index in [1.807, 2.05) is 31.2 Å². The molecule has 3 aromatic carbocycles. The maximum absolute atomic E-state index is 12.1. The Hall–Kier alpha value is -4.11. The number of para-hydroxylation sites is 2. The fraction of sp³-hybridized carbons (Fsp3) is 0.0870. The summed E-state index contributed by atoms with van der Waals surface area (Å²) in [5.41, 5.74) is 3.92. The van der Waals surface area contributed by atoms with E-state index in [0.717, 1.165) is 11.1 Å². The molecular weight excluding hydrogens is 366 g/mol.